The van der Waals surface area contributed by atoms with E-state index in [-0.39, 0.29) is 17.4 Å². The third-order valence-electron chi connectivity index (χ3n) is 21.0. The highest BCUT2D eigenvalue weighted by atomic mass is 16.8. The Morgan fingerprint density at radius 1 is 0.358 bits per heavy atom. The molecular weight excluding hydrogens is 1490 g/mol. The van der Waals surface area contributed by atoms with Crippen molar-refractivity contribution in [2.24, 2.45) is 0 Å². The summed E-state index contributed by atoms with van der Waals surface area (Å²) in [6.45, 7) is -5.23. The lowest BCUT2D eigenvalue weighted by molar-refractivity contribution is -0.388. The number of rotatable bonds is 30. The van der Waals surface area contributed by atoms with Gasteiger partial charge < -0.3 is 235 Å². The van der Waals surface area contributed by atoms with Crippen LogP contribution in [-0.4, -0.2) is 500 Å². The Labute approximate surface area is 617 Å². The molecule has 7 saturated heterocycles. The van der Waals surface area contributed by atoms with Crippen LogP contribution >= 0.6 is 0 Å². The van der Waals surface area contributed by atoms with Crippen LogP contribution in [0, 0.1) is 0 Å². The van der Waals surface area contributed by atoms with Crippen LogP contribution < -0.4 is 10.6 Å². The Morgan fingerprint density at radius 2 is 0.651 bits per heavy atom. The average Bonchev–Trinajstić information content (AvgIpc) is 0.779. The van der Waals surface area contributed by atoms with Crippen LogP contribution in [0.2, 0.25) is 0 Å². The van der Waals surface area contributed by atoms with Crippen LogP contribution in [0.4, 0.5) is 0 Å². The molecule has 9 rings (SSSR count). The van der Waals surface area contributed by atoms with Crippen molar-refractivity contribution in [3.63, 3.8) is 0 Å². The molecule has 0 radical (unpaired) electrons. The Kier molecular flexibility index (Phi) is 32.3. The van der Waals surface area contributed by atoms with Crippen LogP contribution in [-0.2, 0) is 71.1 Å². The number of hydrogen-bond acceptors (Lipinski definition) is 47. The summed E-state index contributed by atoms with van der Waals surface area (Å²) in [5.74, 6) is 0. The molecule has 32 N–H and O–H groups in total. The van der Waals surface area contributed by atoms with Crippen LogP contribution in [0.15, 0.2) is 23.3 Å². The van der Waals surface area contributed by atoms with Crippen molar-refractivity contribution in [1.82, 2.24) is 10.6 Å². The first-order valence-corrected chi connectivity index (χ1v) is 35.0. The summed E-state index contributed by atoms with van der Waals surface area (Å²) in [6, 6.07) is -5.54. The van der Waals surface area contributed by atoms with E-state index >= 15 is 0 Å². The summed E-state index contributed by atoms with van der Waals surface area (Å²) in [5, 5.41) is 330. The van der Waals surface area contributed by atoms with Gasteiger partial charge in [-0.3, -0.25) is 0 Å². The molecule has 109 heavy (non-hydrogen) atoms. The first-order chi connectivity index (χ1) is 51.6. The molecular formula is C62H104N2O45. The second-order valence-electron chi connectivity index (χ2n) is 28.1. The number of carbonyl (C=O) groups is 1. The van der Waals surface area contributed by atoms with Gasteiger partial charge in [0, 0.05) is 0 Å². The Balaban J connectivity index is 0.767. The number of hydrogen-bond donors (Lipinski definition) is 32. The van der Waals surface area contributed by atoms with E-state index in [2.05, 4.69) is 10.6 Å². The minimum atomic E-state index is -2.25. The van der Waals surface area contributed by atoms with Gasteiger partial charge in [0.1, 0.15) is 208 Å². The third-order valence-corrected chi connectivity index (χ3v) is 21.0. The predicted octanol–water partition coefficient (Wildman–Crippen LogP) is -20.6. The van der Waals surface area contributed by atoms with Gasteiger partial charge in [0.05, 0.1) is 89.2 Å². The fourth-order valence-corrected chi connectivity index (χ4v) is 14.5. The molecule has 0 aromatic heterocycles. The quantitative estimate of drug-likeness (QED) is 0.0235. The predicted molar refractivity (Wildman–Crippen MR) is 339 cm³/mol. The maximum Gasteiger partial charge on any atom is 0.187 e. The standard InChI is InChI=1S/C62H104N2O45/c1-14-27(63-18-3-16(5-65)49(36(83)29(18)76)103-58-44(91)35(82)32(79)22(9-69)98-58)33(80)42(89)56(96-14)106-52-23(10-70)99-59(45(92)38(52)85)104-50-17(6-66)4-19(30(77)37(50)84)64-28-15(2)97-57(43(90)34(28)81)107-53-24(11-71)101-61(47(94)40(53)87)109-55-26(13-73)102-62(48(95)41(55)88)108-54-25(12-72)100-60(46(93)39(54)86)105-51(21(75)8-68)31(78)20(74)7-67/h3-4,7,14-15,18-66,68-95H,5-6,8-13H2,1-2H3/t14-,15-,18+,19+,20+,21-,22-,23-,24-,25-,26-,27-,28-,29+,30+,31-,32-,33+,34+,35+,36-,37-,38-,39-,40-,41-,42-,43-,44-,45-,46-,47-,48-,49-,50-,51-,52-,53-,54-,55-,56-,57-,58-,59-,60-,61-,62-/m1/s1. The van der Waals surface area contributed by atoms with Gasteiger partial charge in [-0.25, -0.2) is 0 Å². The van der Waals surface area contributed by atoms with Crippen LogP contribution in [0.25, 0.3) is 0 Å². The summed E-state index contributed by atoms with van der Waals surface area (Å²) in [5.41, 5.74) is -0.339. The third kappa shape index (κ3) is 19.0. The van der Waals surface area contributed by atoms with E-state index in [4.69, 9.17) is 66.3 Å². The summed E-state index contributed by atoms with van der Waals surface area (Å²) in [6.07, 6.45) is -80.7. The zero-order valence-corrected chi connectivity index (χ0v) is 58.1. The molecule has 632 valence electrons. The molecule has 9 aliphatic rings. The van der Waals surface area contributed by atoms with Gasteiger partial charge in [0.25, 0.3) is 0 Å². The lowest BCUT2D eigenvalue weighted by Gasteiger charge is -2.49. The number of aliphatic hydroxyl groups excluding tert-OH is 30. The monoisotopic (exact) mass is 1600 g/mol. The Hall–Kier alpha value is -2.69. The molecule has 0 aromatic rings. The summed E-state index contributed by atoms with van der Waals surface area (Å²) >= 11 is 0. The van der Waals surface area contributed by atoms with Crippen molar-refractivity contribution in [2.75, 3.05) is 52.9 Å². The van der Waals surface area contributed by atoms with Crippen molar-refractivity contribution in [1.29, 1.82) is 0 Å². The zero-order chi connectivity index (χ0) is 80.4. The molecule has 2 aliphatic carbocycles. The molecule has 47 nitrogen and oxygen atoms in total. The topological polar surface area (TPSA) is 777 Å². The zero-order valence-electron chi connectivity index (χ0n) is 58.1. The largest absolute Gasteiger partial charge is 0.394 e. The molecule has 7 heterocycles. The van der Waals surface area contributed by atoms with E-state index in [9.17, 15) is 158 Å². The smallest absolute Gasteiger partial charge is 0.187 e. The minimum absolute atomic E-state index is 0.117. The number of aliphatic hydroxyl groups is 30. The molecule has 0 spiro atoms. The second kappa shape index (κ2) is 39.0. The minimum Gasteiger partial charge on any atom is -0.394 e. The van der Waals surface area contributed by atoms with E-state index in [1.165, 1.54) is 19.9 Å². The number of carbonyl (C=O) groups excluding carboxylic acids is 1. The maximum absolute atomic E-state index is 11.6. The summed E-state index contributed by atoms with van der Waals surface area (Å²) in [4.78, 5) is 11.1. The van der Waals surface area contributed by atoms with Gasteiger partial charge in [-0.1, -0.05) is 12.2 Å². The molecule has 0 unspecified atom stereocenters. The Morgan fingerprint density at radius 3 is 0.972 bits per heavy atom. The SMILES string of the molecule is C[C@H]1O[C@H](O[C@H]2[C@H](O)[C@@H](O)[C@@H](O[C@H]3[C@H](O)[C@@H](O)[C@@H](O[C@H]4[C@H](O)[C@@H](O)[C@@H](O[C@@H]([C@H](O)[C@@H](O)C=O)[C@H](O)CO)O[C@@H]4CO)O[C@@H]3CO)O[C@@H]2CO)[C@H](O)[C@@H](O)[C@@H]1N[C@H]1C=C(CO)[C@@H](O[C@H]2O[C@H](CO)[C@@H](O[C@H]3O[C@H](C)[C@@H](N[C@H]4C=C(CO)[C@@H](O[C@H]5O[C@H](CO)[C@@H](O)[C@H](O)[C@H]5O)[C@H](O)[C@H]4O)[C@H](O)[C@H]3O)[C@H](O)[C@H]2O)[C@H](O)[C@H]1O. The molecule has 0 saturated carbocycles. The normalized spacial score (nSPS) is 49.9. The average molecular weight is 1600 g/mol. The van der Waals surface area contributed by atoms with E-state index in [0.717, 1.165) is 6.08 Å². The van der Waals surface area contributed by atoms with E-state index in [0.29, 0.717) is 0 Å². The second-order valence-corrected chi connectivity index (χ2v) is 28.1. The molecule has 0 amide bonds. The van der Waals surface area contributed by atoms with Gasteiger partial charge in [0.2, 0.25) is 0 Å². The van der Waals surface area contributed by atoms with Gasteiger partial charge >= 0.3 is 0 Å². The maximum atomic E-state index is 11.6. The van der Waals surface area contributed by atoms with Crippen molar-refractivity contribution in [3.05, 3.63) is 23.3 Å². The number of aldehydes is 1. The van der Waals surface area contributed by atoms with Gasteiger partial charge in [-0.05, 0) is 25.0 Å². The first kappa shape index (κ1) is 90.2. The highest BCUT2D eigenvalue weighted by Gasteiger charge is 2.59. The Bertz CT molecular complexity index is 2860. The molecule has 7 aliphatic heterocycles. The fraction of sp³-hybridized carbons (Fsp3) is 0.919. The van der Waals surface area contributed by atoms with Gasteiger partial charge in [0.15, 0.2) is 50.3 Å². The van der Waals surface area contributed by atoms with E-state index in [1.54, 1.807) is 0 Å². The lowest BCUT2D eigenvalue weighted by Crippen LogP contribution is -2.69. The molecule has 47 heteroatoms. The molecule has 47 atom stereocenters. The van der Waals surface area contributed by atoms with E-state index < -0.39 is 341 Å². The van der Waals surface area contributed by atoms with Crippen LogP contribution in [0.3, 0.4) is 0 Å². The van der Waals surface area contributed by atoms with Crippen LogP contribution in [0.5, 0.6) is 0 Å². The number of nitrogens with one attached hydrogen (secondary N) is 2. The molecule has 0 bridgehead atoms. The van der Waals surface area contributed by atoms with E-state index in [1.807, 2.05) is 0 Å². The van der Waals surface area contributed by atoms with Crippen molar-refractivity contribution in [2.45, 2.75) is 302 Å². The van der Waals surface area contributed by atoms with Crippen molar-refractivity contribution >= 4 is 6.29 Å². The van der Waals surface area contributed by atoms with Crippen molar-refractivity contribution < 1.29 is 224 Å². The molecule has 7 fully saturated rings. The van der Waals surface area contributed by atoms with Crippen LogP contribution in [0.1, 0.15) is 13.8 Å². The summed E-state index contributed by atoms with van der Waals surface area (Å²) < 4.78 is 79.5. The lowest BCUT2D eigenvalue weighted by atomic mass is 9.86. The highest BCUT2D eigenvalue weighted by molar-refractivity contribution is 5.56. The number of ether oxygens (including phenoxy) is 14. The van der Waals surface area contributed by atoms with Gasteiger partial charge in [-0.15, -0.1) is 0 Å². The molecule has 0 aromatic carbocycles. The highest BCUT2D eigenvalue weighted by Crippen LogP contribution is 2.39. The fourth-order valence-electron chi connectivity index (χ4n) is 14.5. The van der Waals surface area contributed by atoms with Crippen molar-refractivity contribution in [3.8, 4) is 0 Å². The van der Waals surface area contributed by atoms with Gasteiger partial charge in [-0.2, -0.15) is 0 Å². The summed E-state index contributed by atoms with van der Waals surface area (Å²) in [7, 11) is 0. The first-order valence-electron chi connectivity index (χ1n) is 35.0.